The molecule has 0 aliphatic heterocycles. The molecule has 0 aliphatic rings. The lowest BCUT2D eigenvalue weighted by atomic mass is 10.1. The molecule has 0 fully saturated rings. The van der Waals surface area contributed by atoms with Gasteiger partial charge in [0.25, 0.3) is 11.8 Å². The zero-order valence-electron chi connectivity index (χ0n) is 17.9. The maximum atomic E-state index is 12.4. The second-order valence-corrected chi connectivity index (χ2v) is 6.43. The summed E-state index contributed by atoms with van der Waals surface area (Å²) in [6, 6.07) is 12.3. The van der Waals surface area contributed by atoms with Crippen LogP contribution in [-0.2, 0) is 20.9 Å². The molecule has 2 aromatic carbocycles. The fourth-order valence-electron chi connectivity index (χ4n) is 2.69. The molecule has 1 unspecified atom stereocenters. The maximum absolute atomic E-state index is 12.4. The molecule has 0 saturated heterocycles. The Hall–Kier alpha value is -3.75. The third-order valence-electron chi connectivity index (χ3n) is 4.31. The molecule has 2 amide bonds. The van der Waals surface area contributed by atoms with E-state index < -0.39 is 30.4 Å². The van der Waals surface area contributed by atoms with E-state index in [4.69, 9.17) is 18.9 Å². The molecule has 0 heterocycles. The van der Waals surface area contributed by atoms with Gasteiger partial charge in [-0.15, -0.1) is 0 Å². The number of hydrogen-bond donors (Lipinski definition) is 2. The van der Waals surface area contributed by atoms with Crippen LogP contribution in [0, 0.1) is 0 Å². The SMILES string of the molecule is COc1cc(C(=O)NCC(=O)OC(C)C(=O)NCc2ccccc2)cc(OC)c1OC. The Morgan fingerprint density at radius 3 is 2.06 bits per heavy atom. The van der Waals surface area contributed by atoms with Crippen molar-refractivity contribution in [2.24, 2.45) is 0 Å². The number of ether oxygens (including phenoxy) is 4. The van der Waals surface area contributed by atoms with E-state index >= 15 is 0 Å². The molecule has 0 aliphatic carbocycles. The summed E-state index contributed by atoms with van der Waals surface area (Å²) in [5.74, 6) is -0.776. The average molecular weight is 430 g/mol. The molecule has 0 radical (unpaired) electrons. The lowest BCUT2D eigenvalue weighted by Crippen LogP contribution is -2.38. The molecule has 2 aromatic rings. The van der Waals surface area contributed by atoms with Gasteiger partial charge in [-0.25, -0.2) is 0 Å². The highest BCUT2D eigenvalue weighted by Gasteiger charge is 2.20. The van der Waals surface area contributed by atoms with Crippen LogP contribution in [0.3, 0.4) is 0 Å². The van der Waals surface area contributed by atoms with Crippen LogP contribution in [-0.4, -0.2) is 51.8 Å². The van der Waals surface area contributed by atoms with Crippen LogP contribution < -0.4 is 24.8 Å². The van der Waals surface area contributed by atoms with Crippen LogP contribution in [0.15, 0.2) is 42.5 Å². The van der Waals surface area contributed by atoms with E-state index in [1.165, 1.54) is 40.4 Å². The van der Waals surface area contributed by atoms with Crippen LogP contribution in [0.5, 0.6) is 17.2 Å². The monoisotopic (exact) mass is 430 g/mol. The van der Waals surface area contributed by atoms with Crippen molar-refractivity contribution in [3.8, 4) is 17.2 Å². The van der Waals surface area contributed by atoms with Crippen molar-refractivity contribution in [3.63, 3.8) is 0 Å². The minimum Gasteiger partial charge on any atom is -0.493 e. The van der Waals surface area contributed by atoms with Gasteiger partial charge in [0.2, 0.25) is 5.75 Å². The summed E-state index contributed by atoms with van der Waals surface area (Å²) < 4.78 is 20.7. The summed E-state index contributed by atoms with van der Waals surface area (Å²) in [7, 11) is 4.31. The topological polar surface area (TPSA) is 112 Å². The van der Waals surface area contributed by atoms with Gasteiger partial charge < -0.3 is 29.6 Å². The van der Waals surface area contributed by atoms with E-state index in [-0.39, 0.29) is 5.56 Å². The first-order valence-corrected chi connectivity index (χ1v) is 9.48. The zero-order chi connectivity index (χ0) is 22.8. The molecule has 2 N–H and O–H groups in total. The smallest absolute Gasteiger partial charge is 0.326 e. The third kappa shape index (κ3) is 6.63. The molecule has 2 rings (SSSR count). The zero-order valence-corrected chi connectivity index (χ0v) is 17.9. The van der Waals surface area contributed by atoms with Crippen molar-refractivity contribution in [2.45, 2.75) is 19.6 Å². The minimum atomic E-state index is -1.01. The molecule has 1 atom stereocenters. The number of nitrogens with one attached hydrogen (secondary N) is 2. The van der Waals surface area contributed by atoms with Crippen LogP contribution in [0.1, 0.15) is 22.8 Å². The fourth-order valence-corrected chi connectivity index (χ4v) is 2.69. The average Bonchev–Trinajstić information content (AvgIpc) is 2.80. The van der Waals surface area contributed by atoms with Crippen molar-refractivity contribution in [1.82, 2.24) is 10.6 Å². The molecule has 0 spiro atoms. The molecule has 0 bridgehead atoms. The largest absolute Gasteiger partial charge is 0.493 e. The molecule has 166 valence electrons. The number of methoxy groups -OCH3 is 3. The highest BCUT2D eigenvalue weighted by molar-refractivity contribution is 5.97. The Morgan fingerprint density at radius 1 is 0.903 bits per heavy atom. The Kier molecular flexibility index (Phi) is 8.68. The van der Waals surface area contributed by atoms with Crippen LogP contribution >= 0.6 is 0 Å². The predicted molar refractivity (Wildman–Crippen MR) is 112 cm³/mol. The number of esters is 1. The molecule has 9 nitrogen and oxygen atoms in total. The molecular weight excluding hydrogens is 404 g/mol. The minimum absolute atomic E-state index is 0.205. The first-order valence-electron chi connectivity index (χ1n) is 9.48. The van der Waals surface area contributed by atoms with Crippen LogP contribution in [0.2, 0.25) is 0 Å². The van der Waals surface area contributed by atoms with Crippen LogP contribution in [0.4, 0.5) is 0 Å². The number of amides is 2. The fraction of sp³-hybridized carbons (Fsp3) is 0.318. The second kappa shape index (κ2) is 11.4. The molecule has 0 saturated carbocycles. The van der Waals surface area contributed by atoms with Gasteiger partial charge in [-0.05, 0) is 24.6 Å². The summed E-state index contributed by atoms with van der Waals surface area (Å²) in [6.07, 6.45) is -1.01. The van der Waals surface area contributed by atoms with Gasteiger partial charge in [0.1, 0.15) is 6.54 Å². The van der Waals surface area contributed by atoms with Crippen molar-refractivity contribution in [3.05, 3.63) is 53.6 Å². The van der Waals surface area contributed by atoms with E-state index in [1.807, 2.05) is 30.3 Å². The van der Waals surface area contributed by atoms with Gasteiger partial charge in [-0.1, -0.05) is 30.3 Å². The third-order valence-corrected chi connectivity index (χ3v) is 4.31. The first kappa shape index (κ1) is 23.5. The van der Waals surface area contributed by atoms with Crippen molar-refractivity contribution in [1.29, 1.82) is 0 Å². The van der Waals surface area contributed by atoms with Gasteiger partial charge in [0.15, 0.2) is 17.6 Å². The van der Waals surface area contributed by atoms with Gasteiger partial charge in [-0.3, -0.25) is 14.4 Å². The second-order valence-electron chi connectivity index (χ2n) is 6.43. The van der Waals surface area contributed by atoms with Crippen LogP contribution in [0.25, 0.3) is 0 Å². The molecule has 9 heteroatoms. The number of benzene rings is 2. The normalized spacial score (nSPS) is 11.1. The summed E-state index contributed by atoms with van der Waals surface area (Å²) in [5, 5.41) is 5.13. The van der Waals surface area contributed by atoms with E-state index in [0.29, 0.717) is 23.8 Å². The van der Waals surface area contributed by atoms with E-state index in [1.54, 1.807) is 0 Å². The van der Waals surface area contributed by atoms with Gasteiger partial charge in [0, 0.05) is 12.1 Å². The van der Waals surface area contributed by atoms with Crippen molar-refractivity contribution in [2.75, 3.05) is 27.9 Å². The van der Waals surface area contributed by atoms with Gasteiger partial charge in [0.05, 0.1) is 21.3 Å². The maximum Gasteiger partial charge on any atom is 0.326 e. The number of rotatable bonds is 10. The predicted octanol–water partition coefficient (Wildman–Crippen LogP) is 1.69. The van der Waals surface area contributed by atoms with E-state index in [0.717, 1.165) is 5.56 Å². The Bertz CT molecular complexity index is 890. The molecule has 31 heavy (non-hydrogen) atoms. The highest BCUT2D eigenvalue weighted by atomic mass is 16.5. The van der Waals surface area contributed by atoms with E-state index in [9.17, 15) is 14.4 Å². The Labute approximate surface area is 180 Å². The highest BCUT2D eigenvalue weighted by Crippen LogP contribution is 2.38. The number of hydrogen-bond acceptors (Lipinski definition) is 7. The van der Waals surface area contributed by atoms with Gasteiger partial charge in [-0.2, -0.15) is 0 Å². The number of carbonyl (C=O) groups excluding carboxylic acids is 3. The van der Waals surface area contributed by atoms with Crippen molar-refractivity contribution >= 4 is 17.8 Å². The lowest BCUT2D eigenvalue weighted by Gasteiger charge is -2.15. The Balaban J connectivity index is 1.87. The summed E-state index contributed by atoms with van der Waals surface area (Å²) in [5.41, 5.74) is 1.13. The standard InChI is InChI=1S/C22H26N2O7/c1-14(21(26)23-12-15-8-6-5-7-9-15)31-19(25)13-24-22(27)16-10-17(28-2)20(30-4)18(11-16)29-3/h5-11,14H,12-13H2,1-4H3,(H,23,26)(H,24,27). The summed E-state index contributed by atoms with van der Waals surface area (Å²) >= 11 is 0. The quantitative estimate of drug-likeness (QED) is 0.552. The summed E-state index contributed by atoms with van der Waals surface area (Å²) in [6.45, 7) is 1.37. The lowest BCUT2D eigenvalue weighted by molar-refractivity contribution is -0.153. The van der Waals surface area contributed by atoms with E-state index in [2.05, 4.69) is 10.6 Å². The molecule has 0 aromatic heterocycles. The first-order chi connectivity index (χ1) is 14.9. The summed E-state index contributed by atoms with van der Waals surface area (Å²) in [4.78, 5) is 36.5. The van der Waals surface area contributed by atoms with Crippen molar-refractivity contribution < 1.29 is 33.3 Å². The molecular formula is C22H26N2O7. The number of carbonyl (C=O) groups is 3. The van der Waals surface area contributed by atoms with Gasteiger partial charge >= 0.3 is 5.97 Å². The Morgan fingerprint density at radius 2 is 1.52 bits per heavy atom.